The van der Waals surface area contributed by atoms with Crippen LogP contribution >= 0.6 is 15.9 Å². The molecule has 1 unspecified atom stereocenters. The molecule has 1 heterocycles. The van der Waals surface area contributed by atoms with Gasteiger partial charge in [0.15, 0.2) is 0 Å². The van der Waals surface area contributed by atoms with Crippen molar-refractivity contribution >= 4 is 33.5 Å². The summed E-state index contributed by atoms with van der Waals surface area (Å²) in [6.45, 7) is 0.515. The minimum Gasteiger partial charge on any atom is -0.480 e. The van der Waals surface area contributed by atoms with E-state index in [0.717, 1.165) is 10.2 Å². The number of carboxylic acid groups (broad SMARTS) is 1. The van der Waals surface area contributed by atoms with E-state index in [-0.39, 0.29) is 12.5 Å². The number of anilines is 1. The first kappa shape index (κ1) is 12.9. The topological polar surface area (TPSA) is 60.9 Å². The largest absolute Gasteiger partial charge is 0.480 e. The summed E-state index contributed by atoms with van der Waals surface area (Å²) in [5, 5.41) is 9.11. The van der Waals surface area contributed by atoms with Gasteiger partial charge in [-0.3, -0.25) is 4.79 Å². The van der Waals surface area contributed by atoms with E-state index in [2.05, 4.69) is 15.9 Å². The summed E-state index contributed by atoms with van der Waals surface area (Å²) in [7, 11) is 1.53. The molecule has 5 nitrogen and oxygen atoms in total. The van der Waals surface area contributed by atoms with Crippen molar-refractivity contribution in [3.05, 3.63) is 28.7 Å². The van der Waals surface area contributed by atoms with E-state index in [1.54, 1.807) is 4.90 Å². The molecule has 1 aromatic rings. The number of carboxylic acids is 1. The van der Waals surface area contributed by atoms with Crippen LogP contribution in [0, 0.1) is 0 Å². The van der Waals surface area contributed by atoms with Crippen LogP contribution in [0.3, 0.4) is 0 Å². The average molecular weight is 313 g/mol. The second kappa shape index (κ2) is 4.97. The number of nitrogens with zero attached hydrogens (tertiary/aromatic N) is 2. The molecule has 0 bridgehead atoms. The van der Waals surface area contributed by atoms with E-state index in [0.29, 0.717) is 6.54 Å². The van der Waals surface area contributed by atoms with E-state index >= 15 is 0 Å². The van der Waals surface area contributed by atoms with Crippen LogP contribution in [0.15, 0.2) is 28.7 Å². The lowest BCUT2D eigenvalue weighted by Gasteiger charge is -2.38. The van der Waals surface area contributed by atoms with Gasteiger partial charge in [0.1, 0.15) is 6.04 Å². The molecule has 1 aromatic carbocycles. The van der Waals surface area contributed by atoms with Crippen molar-refractivity contribution in [1.82, 2.24) is 4.90 Å². The minimum absolute atomic E-state index is 0.184. The molecule has 18 heavy (non-hydrogen) atoms. The fraction of sp³-hybridized carbons (Fsp3) is 0.333. The molecular weight excluding hydrogens is 300 g/mol. The van der Waals surface area contributed by atoms with Crippen molar-refractivity contribution in [3.63, 3.8) is 0 Å². The van der Waals surface area contributed by atoms with Crippen LogP contribution in [-0.4, -0.2) is 48.1 Å². The number of rotatable bonds is 2. The van der Waals surface area contributed by atoms with Gasteiger partial charge in [-0.15, -0.1) is 0 Å². The van der Waals surface area contributed by atoms with Crippen LogP contribution in [-0.2, 0) is 9.59 Å². The van der Waals surface area contributed by atoms with E-state index in [9.17, 15) is 9.59 Å². The van der Waals surface area contributed by atoms with Gasteiger partial charge >= 0.3 is 5.97 Å². The summed E-state index contributed by atoms with van der Waals surface area (Å²) in [5.41, 5.74) is 0.853. The van der Waals surface area contributed by atoms with Gasteiger partial charge in [-0.05, 0) is 24.3 Å². The zero-order chi connectivity index (χ0) is 13.3. The van der Waals surface area contributed by atoms with Gasteiger partial charge in [-0.2, -0.15) is 0 Å². The number of likely N-dealkylation sites (N-methyl/N-ethyl adjacent to an activating group) is 1. The molecule has 0 radical (unpaired) electrons. The Morgan fingerprint density at radius 2 is 2.00 bits per heavy atom. The van der Waals surface area contributed by atoms with Crippen LogP contribution in [0.1, 0.15) is 0 Å². The Morgan fingerprint density at radius 3 is 2.56 bits per heavy atom. The van der Waals surface area contributed by atoms with Gasteiger partial charge in [0.05, 0.1) is 6.54 Å². The molecule has 1 saturated heterocycles. The number of halogens is 1. The molecule has 0 saturated carbocycles. The van der Waals surface area contributed by atoms with Crippen LogP contribution in [0.2, 0.25) is 0 Å². The highest BCUT2D eigenvalue weighted by Crippen LogP contribution is 2.21. The molecule has 0 aliphatic carbocycles. The first-order valence-electron chi connectivity index (χ1n) is 5.48. The molecule has 1 amide bonds. The highest BCUT2D eigenvalue weighted by Gasteiger charge is 2.34. The standard InChI is InChI=1S/C12H13BrN2O3/c1-14-10(12(17)18)6-15(7-11(14)16)9-4-2-8(13)3-5-9/h2-5,10H,6-7H2,1H3,(H,17,18). The fourth-order valence-corrected chi connectivity index (χ4v) is 2.20. The van der Waals surface area contributed by atoms with E-state index in [1.807, 2.05) is 24.3 Å². The van der Waals surface area contributed by atoms with Crippen molar-refractivity contribution < 1.29 is 14.7 Å². The number of hydrogen-bond acceptors (Lipinski definition) is 3. The molecule has 96 valence electrons. The summed E-state index contributed by atoms with van der Waals surface area (Å²) in [5.74, 6) is -1.16. The quantitative estimate of drug-likeness (QED) is 0.891. The molecule has 1 N–H and O–H groups in total. The number of piperazine rings is 1. The molecule has 2 rings (SSSR count). The van der Waals surface area contributed by atoms with E-state index < -0.39 is 12.0 Å². The fourth-order valence-electron chi connectivity index (χ4n) is 1.94. The molecule has 1 atom stereocenters. The maximum Gasteiger partial charge on any atom is 0.328 e. The summed E-state index contributed by atoms with van der Waals surface area (Å²) < 4.78 is 0.946. The Balaban J connectivity index is 2.22. The molecule has 1 fully saturated rings. The number of carbonyl (C=O) groups excluding carboxylic acids is 1. The van der Waals surface area contributed by atoms with Crippen LogP contribution in [0.4, 0.5) is 5.69 Å². The van der Waals surface area contributed by atoms with Crippen LogP contribution in [0.25, 0.3) is 0 Å². The van der Waals surface area contributed by atoms with Gasteiger partial charge in [-0.1, -0.05) is 15.9 Å². The van der Waals surface area contributed by atoms with Gasteiger partial charge in [0.2, 0.25) is 5.91 Å². The van der Waals surface area contributed by atoms with Crippen molar-refractivity contribution in [1.29, 1.82) is 0 Å². The number of hydrogen-bond donors (Lipinski definition) is 1. The summed E-state index contributed by atoms with van der Waals surface area (Å²) in [6.07, 6.45) is 0. The molecule has 1 aliphatic heterocycles. The summed E-state index contributed by atoms with van der Waals surface area (Å²) in [6, 6.07) is 6.67. The monoisotopic (exact) mass is 312 g/mol. The Labute approximate surface area is 113 Å². The number of carbonyl (C=O) groups is 2. The first-order chi connectivity index (χ1) is 8.49. The predicted octanol–water partition coefficient (Wildman–Crippen LogP) is 1.18. The SMILES string of the molecule is CN1C(=O)CN(c2ccc(Br)cc2)CC1C(=O)O. The molecule has 1 aliphatic rings. The second-order valence-corrected chi connectivity index (χ2v) is 5.13. The van der Waals surface area contributed by atoms with Crippen LogP contribution < -0.4 is 4.90 Å². The Kier molecular flexibility index (Phi) is 3.56. The van der Waals surface area contributed by atoms with Crippen LogP contribution in [0.5, 0.6) is 0 Å². The third-order valence-electron chi connectivity index (χ3n) is 3.06. The summed E-state index contributed by atoms with van der Waals surface area (Å²) >= 11 is 3.34. The van der Waals surface area contributed by atoms with Crippen molar-refractivity contribution in [2.75, 3.05) is 25.0 Å². The third kappa shape index (κ3) is 2.48. The average Bonchev–Trinajstić information content (AvgIpc) is 2.33. The van der Waals surface area contributed by atoms with E-state index in [4.69, 9.17) is 5.11 Å². The van der Waals surface area contributed by atoms with Crippen molar-refractivity contribution in [2.45, 2.75) is 6.04 Å². The zero-order valence-corrected chi connectivity index (χ0v) is 11.4. The van der Waals surface area contributed by atoms with Gasteiger partial charge in [0, 0.05) is 23.8 Å². The molecular formula is C12H13BrN2O3. The second-order valence-electron chi connectivity index (χ2n) is 4.22. The lowest BCUT2D eigenvalue weighted by atomic mass is 10.1. The molecule has 0 aromatic heterocycles. The normalized spacial score (nSPS) is 20.1. The maximum absolute atomic E-state index is 11.8. The summed E-state index contributed by atoms with van der Waals surface area (Å²) in [4.78, 5) is 26.0. The van der Waals surface area contributed by atoms with Crippen molar-refractivity contribution in [2.24, 2.45) is 0 Å². The van der Waals surface area contributed by atoms with Gasteiger partial charge < -0.3 is 14.9 Å². The zero-order valence-electron chi connectivity index (χ0n) is 9.84. The molecule has 6 heteroatoms. The predicted molar refractivity (Wildman–Crippen MR) is 70.5 cm³/mol. The Morgan fingerprint density at radius 1 is 1.39 bits per heavy atom. The van der Waals surface area contributed by atoms with Gasteiger partial charge in [-0.25, -0.2) is 4.79 Å². The van der Waals surface area contributed by atoms with Crippen molar-refractivity contribution in [3.8, 4) is 0 Å². The Bertz CT molecular complexity index is 475. The molecule has 0 spiro atoms. The highest BCUT2D eigenvalue weighted by atomic mass is 79.9. The maximum atomic E-state index is 11.8. The number of amides is 1. The number of benzene rings is 1. The van der Waals surface area contributed by atoms with E-state index in [1.165, 1.54) is 11.9 Å². The lowest BCUT2D eigenvalue weighted by molar-refractivity contribution is -0.149. The van der Waals surface area contributed by atoms with Gasteiger partial charge in [0.25, 0.3) is 0 Å². The highest BCUT2D eigenvalue weighted by molar-refractivity contribution is 9.10. The first-order valence-corrected chi connectivity index (χ1v) is 6.27. The number of aliphatic carboxylic acids is 1. The smallest absolute Gasteiger partial charge is 0.328 e. The third-order valence-corrected chi connectivity index (χ3v) is 3.59. The minimum atomic E-state index is -0.979. The Hall–Kier alpha value is -1.56. The lowest BCUT2D eigenvalue weighted by Crippen LogP contribution is -2.57.